The molecule has 0 aliphatic carbocycles. The van der Waals surface area contributed by atoms with Crippen LogP contribution in [0.25, 0.3) is 22.7 Å². The lowest BCUT2D eigenvalue weighted by atomic mass is 10.1. The molecule has 1 saturated heterocycles. The van der Waals surface area contributed by atoms with Crippen LogP contribution < -0.4 is 16.2 Å². The van der Waals surface area contributed by atoms with Crippen LogP contribution in [0.5, 0.6) is 0 Å². The molecule has 0 amide bonds. The summed E-state index contributed by atoms with van der Waals surface area (Å²) in [6.45, 7) is 2.11. The van der Waals surface area contributed by atoms with Crippen molar-refractivity contribution < 1.29 is 4.42 Å². The van der Waals surface area contributed by atoms with Crippen molar-refractivity contribution in [1.82, 2.24) is 19.1 Å². The highest BCUT2D eigenvalue weighted by molar-refractivity contribution is 5.76. The van der Waals surface area contributed by atoms with Gasteiger partial charge in [-0.05, 0) is 30.5 Å². The molecule has 0 spiro atoms. The van der Waals surface area contributed by atoms with E-state index < -0.39 is 0 Å². The van der Waals surface area contributed by atoms with Crippen molar-refractivity contribution in [3.63, 3.8) is 0 Å². The second-order valence-electron chi connectivity index (χ2n) is 7.78. The molecule has 3 aromatic heterocycles. The lowest BCUT2D eigenvalue weighted by Gasteiger charge is -2.31. The topological polar surface area (TPSA) is 95.1 Å². The number of piperidine rings is 1. The predicted molar refractivity (Wildman–Crippen MR) is 115 cm³/mol. The van der Waals surface area contributed by atoms with Crippen molar-refractivity contribution >= 4 is 17.1 Å². The van der Waals surface area contributed by atoms with Crippen molar-refractivity contribution in [3.05, 3.63) is 64.6 Å². The van der Waals surface area contributed by atoms with Gasteiger partial charge in [0.05, 0.1) is 12.8 Å². The van der Waals surface area contributed by atoms with Crippen LogP contribution in [0, 0.1) is 0 Å². The lowest BCUT2D eigenvalue weighted by Crippen LogP contribution is -2.44. The van der Waals surface area contributed by atoms with E-state index in [9.17, 15) is 4.79 Å². The van der Waals surface area contributed by atoms with Crippen LogP contribution in [-0.2, 0) is 13.6 Å². The van der Waals surface area contributed by atoms with Crippen molar-refractivity contribution in [2.24, 2.45) is 12.8 Å². The highest BCUT2D eigenvalue weighted by Gasteiger charge is 2.26. The summed E-state index contributed by atoms with van der Waals surface area (Å²) in [4.78, 5) is 25.1. The van der Waals surface area contributed by atoms with Gasteiger partial charge in [-0.25, -0.2) is 4.98 Å². The van der Waals surface area contributed by atoms with Crippen LogP contribution in [0.3, 0.4) is 0 Å². The molecule has 8 nitrogen and oxygen atoms in total. The average Bonchev–Trinajstić information content (AvgIpc) is 3.40. The Bertz CT molecular complexity index is 1230. The molecule has 154 valence electrons. The molecule has 0 radical (unpaired) electrons. The molecule has 1 unspecified atom stereocenters. The van der Waals surface area contributed by atoms with Gasteiger partial charge in [-0.15, -0.1) is 0 Å². The molecule has 30 heavy (non-hydrogen) atoms. The second-order valence-corrected chi connectivity index (χ2v) is 7.78. The van der Waals surface area contributed by atoms with E-state index in [-0.39, 0.29) is 11.6 Å². The first kappa shape index (κ1) is 18.6. The summed E-state index contributed by atoms with van der Waals surface area (Å²) in [6.07, 6.45) is 3.57. The minimum Gasteiger partial charge on any atom is -0.461 e. The predicted octanol–water partition coefficient (Wildman–Crippen LogP) is 2.37. The van der Waals surface area contributed by atoms with Gasteiger partial charge in [-0.3, -0.25) is 13.9 Å². The fourth-order valence-corrected chi connectivity index (χ4v) is 4.12. The number of hydrogen-bond donors (Lipinski definition) is 1. The van der Waals surface area contributed by atoms with Crippen molar-refractivity contribution in [1.29, 1.82) is 0 Å². The maximum Gasteiger partial charge on any atom is 0.279 e. The molecule has 1 fully saturated rings. The molecule has 1 aromatic carbocycles. The van der Waals surface area contributed by atoms with Crippen LogP contribution in [0.1, 0.15) is 18.4 Å². The number of anilines is 1. The molecule has 4 heterocycles. The van der Waals surface area contributed by atoms with Gasteiger partial charge in [-0.1, -0.05) is 30.3 Å². The van der Waals surface area contributed by atoms with Crippen LogP contribution in [0.4, 0.5) is 5.95 Å². The first-order valence-electron chi connectivity index (χ1n) is 10.2. The van der Waals surface area contributed by atoms with E-state index in [1.165, 1.54) is 4.57 Å². The number of benzene rings is 1. The highest BCUT2D eigenvalue weighted by atomic mass is 16.3. The molecule has 4 aromatic rings. The molecule has 1 aliphatic rings. The Morgan fingerprint density at radius 2 is 2.00 bits per heavy atom. The lowest BCUT2D eigenvalue weighted by molar-refractivity contribution is 0.495. The zero-order valence-corrected chi connectivity index (χ0v) is 16.9. The van der Waals surface area contributed by atoms with Crippen LogP contribution >= 0.6 is 0 Å². The smallest absolute Gasteiger partial charge is 0.279 e. The zero-order valence-electron chi connectivity index (χ0n) is 16.9. The summed E-state index contributed by atoms with van der Waals surface area (Å²) >= 11 is 0. The van der Waals surface area contributed by atoms with E-state index in [0.29, 0.717) is 35.8 Å². The number of imidazole rings is 1. The van der Waals surface area contributed by atoms with Crippen molar-refractivity contribution in [2.75, 3.05) is 18.0 Å². The molecule has 8 heteroatoms. The Morgan fingerprint density at radius 3 is 2.73 bits per heavy atom. The number of nitrogens with zero attached hydrogens (tertiary/aromatic N) is 5. The molecule has 5 rings (SSSR count). The molecule has 1 aliphatic heterocycles. The van der Waals surface area contributed by atoms with E-state index in [1.807, 2.05) is 34.9 Å². The van der Waals surface area contributed by atoms with E-state index in [4.69, 9.17) is 20.1 Å². The molecular weight excluding hydrogens is 380 g/mol. The number of fused-ring (bicyclic) bond motifs is 1. The largest absolute Gasteiger partial charge is 0.461 e. The standard InChI is InChI=1S/C22H24N6O2/c1-26-20(17-10-6-12-30-17)24-19-18(21(26)29)28(13-15-7-3-2-4-8-15)22(25-19)27-11-5-9-16(23)14-27/h2-4,6-8,10,12,16H,5,9,11,13-14,23H2,1H3. The highest BCUT2D eigenvalue weighted by Crippen LogP contribution is 2.26. The summed E-state index contributed by atoms with van der Waals surface area (Å²) < 4.78 is 8.98. The Balaban J connectivity index is 1.72. The third kappa shape index (κ3) is 3.19. The third-order valence-corrected chi connectivity index (χ3v) is 5.63. The summed E-state index contributed by atoms with van der Waals surface area (Å²) in [5.74, 6) is 1.74. The molecule has 0 saturated carbocycles. The van der Waals surface area contributed by atoms with Crippen LogP contribution in [0.2, 0.25) is 0 Å². The average molecular weight is 404 g/mol. The maximum absolute atomic E-state index is 13.4. The van der Waals surface area contributed by atoms with Gasteiger partial charge in [0.1, 0.15) is 0 Å². The fraction of sp³-hybridized carbons (Fsp3) is 0.318. The number of nitrogens with two attached hydrogens (primary N) is 1. The van der Waals surface area contributed by atoms with E-state index in [0.717, 1.165) is 30.9 Å². The normalized spacial score (nSPS) is 17.0. The SMILES string of the molecule is Cn1c(-c2ccco2)nc2nc(N3CCCC(N)C3)n(Cc3ccccc3)c2c1=O. The Morgan fingerprint density at radius 1 is 1.17 bits per heavy atom. The quantitative estimate of drug-likeness (QED) is 0.561. The number of aromatic nitrogens is 4. The summed E-state index contributed by atoms with van der Waals surface area (Å²) in [5, 5.41) is 0. The number of hydrogen-bond acceptors (Lipinski definition) is 6. The van der Waals surface area contributed by atoms with E-state index in [2.05, 4.69) is 4.90 Å². The zero-order chi connectivity index (χ0) is 20.7. The van der Waals surface area contributed by atoms with Gasteiger partial charge in [0.15, 0.2) is 22.7 Å². The second kappa shape index (κ2) is 7.46. The Hall–Kier alpha value is -3.39. The number of furan rings is 1. The molecule has 2 N–H and O–H groups in total. The van der Waals surface area contributed by atoms with Gasteiger partial charge < -0.3 is 15.1 Å². The van der Waals surface area contributed by atoms with Crippen molar-refractivity contribution in [2.45, 2.75) is 25.4 Å². The van der Waals surface area contributed by atoms with E-state index >= 15 is 0 Å². The monoisotopic (exact) mass is 404 g/mol. The van der Waals surface area contributed by atoms with Crippen LogP contribution in [-0.4, -0.2) is 38.2 Å². The summed E-state index contributed by atoms with van der Waals surface area (Å²) in [6, 6.07) is 13.7. The first-order chi connectivity index (χ1) is 14.6. The summed E-state index contributed by atoms with van der Waals surface area (Å²) in [7, 11) is 1.71. The van der Waals surface area contributed by atoms with Gasteiger partial charge >= 0.3 is 0 Å². The van der Waals surface area contributed by atoms with E-state index in [1.54, 1.807) is 25.4 Å². The van der Waals surface area contributed by atoms with Gasteiger partial charge in [-0.2, -0.15) is 4.98 Å². The molecule has 1 atom stereocenters. The maximum atomic E-state index is 13.4. The molecular formula is C22H24N6O2. The Labute approximate surface area is 173 Å². The van der Waals surface area contributed by atoms with Gasteiger partial charge in [0.2, 0.25) is 5.95 Å². The van der Waals surface area contributed by atoms with Crippen LogP contribution in [0.15, 0.2) is 57.9 Å². The minimum absolute atomic E-state index is 0.0956. The molecule has 0 bridgehead atoms. The number of rotatable bonds is 4. The minimum atomic E-state index is -0.151. The summed E-state index contributed by atoms with van der Waals surface area (Å²) in [5.41, 5.74) is 8.09. The first-order valence-corrected chi connectivity index (χ1v) is 10.2. The Kier molecular flexibility index (Phi) is 4.63. The van der Waals surface area contributed by atoms with Gasteiger partial charge in [0, 0.05) is 26.2 Å². The van der Waals surface area contributed by atoms with Crippen molar-refractivity contribution in [3.8, 4) is 11.6 Å². The van der Waals surface area contributed by atoms with Gasteiger partial charge in [0.25, 0.3) is 5.56 Å². The third-order valence-electron chi connectivity index (χ3n) is 5.63. The fourth-order valence-electron chi connectivity index (χ4n) is 4.12.